The molecule has 0 aromatic rings. The van der Waals surface area contributed by atoms with E-state index in [2.05, 4.69) is 0 Å². The van der Waals surface area contributed by atoms with Crippen molar-refractivity contribution in [3.05, 3.63) is 0 Å². The minimum absolute atomic E-state index is 0.105. The van der Waals surface area contributed by atoms with E-state index in [1.807, 2.05) is 0 Å². The predicted octanol–water partition coefficient (Wildman–Crippen LogP) is 0.962. The largest absolute Gasteiger partial charge is 0.395 e. The molecule has 1 fully saturated rings. The molecule has 0 radical (unpaired) electrons. The van der Waals surface area contributed by atoms with Gasteiger partial charge in [0.2, 0.25) is 10.0 Å². The molecule has 5 heteroatoms. The fourth-order valence-electron chi connectivity index (χ4n) is 1.62. The SMILES string of the molecule is CC(C)(C)S(=O)(=O)N(CCO)C1CCC1. The summed E-state index contributed by atoms with van der Waals surface area (Å²) in [5.41, 5.74) is 0. The van der Waals surface area contributed by atoms with E-state index in [0.29, 0.717) is 0 Å². The Morgan fingerprint density at radius 3 is 2.13 bits per heavy atom. The first-order valence-electron chi connectivity index (χ1n) is 5.43. The average Bonchev–Trinajstić information content (AvgIpc) is 1.98. The summed E-state index contributed by atoms with van der Waals surface area (Å²) in [6.07, 6.45) is 2.94. The molecule has 0 heterocycles. The fourth-order valence-corrected chi connectivity index (χ4v) is 3.25. The van der Waals surface area contributed by atoms with E-state index in [0.717, 1.165) is 19.3 Å². The number of hydrogen-bond donors (Lipinski definition) is 1. The molecule has 0 bridgehead atoms. The highest BCUT2D eigenvalue weighted by molar-refractivity contribution is 7.90. The third kappa shape index (κ3) is 2.52. The fraction of sp³-hybridized carbons (Fsp3) is 1.00. The molecule has 1 N–H and O–H groups in total. The molecule has 0 unspecified atom stereocenters. The van der Waals surface area contributed by atoms with Crippen molar-refractivity contribution in [1.82, 2.24) is 4.31 Å². The van der Waals surface area contributed by atoms with Gasteiger partial charge in [-0.1, -0.05) is 6.42 Å². The van der Waals surface area contributed by atoms with Gasteiger partial charge in [-0.2, -0.15) is 4.31 Å². The second-order valence-electron chi connectivity index (χ2n) is 5.04. The lowest BCUT2D eigenvalue weighted by Gasteiger charge is -2.39. The molecule has 1 aliphatic rings. The maximum absolute atomic E-state index is 12.2. The quantitative estimate of drug-likeness (QED) is 0.789. The molecule has 0 aliphatic heterocycles. The van der Waals surface area contributed by atoms with Crippen LogP contribution in [-0.4, -0.2) is 41.8 Å². The van der Waals surface area contributed by atoms with E-state index in [-0.39, 0.29) is 19.2 Å². The first kappa shape index (κ1) is 12.9. The van der Waals surface area contributed by atoms with Crippen LogP contribution in [0.1, 0.15) is 40.0 Å². The zero-order chi connectivity index (χ0) is 11.7. The summed E-state index contributed by atoms with van der Waals surface area (Å²) in [5.74, 6) is 0. The number of aliphatic hydroxyl groups excluding tert-OH is 1. The Kier molecular flexibility index (Phi) is 3.79. The van der Waals surface area contributed by atoms with Gasteiger partial charge in [0.05, 0.1) is 11.4 Å². The van der Waals surface area contributed by atoms with Crippen molar-refractivity contribution in [3.63, 3.8) is 0 Å². The second-order valence-corrected chi connectivity index (χ2v) is 7.68. The van der Waals surface area contributed by atoms with Crippen LogP contribution in [0.2, 0.25) is 0 Å². The zero-order valence-electron chi connectivity index (χ0n) is 9.73. The highest BCUT2D eigenvalue weighted by Gasteiger charge is 2.40. The molecular formula is C10H21NO3S. The van der Waals surface area contributed by atoms with E-state index in [4.69, 9.17) is 5.11 Å². The van der Waals surface area contributed by atoms with Crippen LogP contribution in [0.25, 0.3) is 0 Å². The topological polar surface area (TPSA) is 57.6 Å². The number of sulfonamides is 1. The monoisotopic (exact) mass is 235 g/mol. The van der Waals surface area contributed by atoms with Gasteiger partial charge in [0.25, 0.3) is 0 Å². The van der Waals surface area contributed by atoms with Crippen LogP contribution < -0.4 is 0 Å². The van der Waals surface area contributed by atoms with Crippen LogP contribution >= 0.6 is 0 Å². The second kappa shape index (κ2) is 4.39. The molecule has 0 spiro atoms. The van der Waals surface area contributed by atoms with Crippen LogP contribution in [0, 0.1) is 0 Å². The van der Waals surface area contributed by atoms with Crippen LogP contribution in [0.3, 0.4) is 0 Å². The smallest absolute Gasteiger partial charge is 0.219 e. The van der Waals surface area contributed by atoms with Crippen LogP contribution in [0.15, 0.2) is 0 Å². The van der Waals surface area contributed by atoms with Gasteiger partial charge in [-0.25, -0.2) is 8.42 Å². The van der Waals surface area contributed by atoms with Gasteiger partial charge in [-0.3, -0.25) is 0 Å². The molecule has 1 saturated carbocycles. The van der Waals surface area contributed by atoms with Gasteiger partial charge in [-0.15, -0.1) is 0 Å². The molecule has 0 saturated heterocycles. The van der Waals surface area contributed by atoms with E-state index < -0.39 is 14.8 Å². The number of hydrogen-bond acceptors (Lipinski definition) is 3. The summed E-state index contributed by atoms with van der Waals surface area (Å²) in [4.78, 5) is 0. The van der Waals surface area contributed by atoms with Crippen molar-refractivity contribution < 1.29 is 13.5 Å². The van der Waals surface area contributed by atoms with Crippen molar-refractivity contribution in [2.24, 2.45) is 0 Å². The molecule has 0 amide bonds. The molecule has 0 atom stereocenters. The maximum Gasteiger partial charge on any atom is 0.219 e. The standard InChI is InChI=1S/C10H21NO3S/c1-10(2,3)15(13,14)11(7-8-12)9-5-4-6-9/h9,12H,4-8H2,1-3H3. The lowest BCUT2D eigenvalue weighted by Crippen LogP contribution is -2.51. The lowest BCUT2D eigenvalue weighted by molar-refractivity contribution is 0.175. The highest BCUT2D eigenvalue weighted by Crippen LogP contribution is 2.31. The molecule has 1 aliphatic carbocycles. The summed E-state index contributed by atoms with van der Waals surface area (Å²) >= 11 is 0. The Balaban J connectivity index is 2.88. The van der Waals surface area contributed by atoms with E-state index in [1.54, 1.807) is 20.8 Å². The zero-order valence-corrected chi connectivity index (χ0v) is 10.5. The normalized spacial score (nSPS) is 19.3. The van der Waals surface area contributed by atoms with Gasteiger partial charge in [0.15, 0.2) is 0 Å². The Morgan fingerprint density at radius 2 is 1.87 bits per heavy atom. The summed E-state index contributed by atoms with van der Waals surface area (Å²) in [5, 5.41) is 8.93. The molecule has 0 aromatic heterocycles. The molecule has 4 nitrogen and oxygen atoms in total. The predicted molar refractivity (Wildman–Crippen MR) is 60.1 cm³/mol. The van der Waals surface area contributed by atoms with Crippen LogP contribution in [0.4, 0.5) is 0 Å². The number of rotatable bonds is 4. The highest BCUT2D eigenvalue weighted by atomic mass is 32.2. The van der Waals surface area contributed by atoms with Crippen molar-refractivity contribution >= 4 is 10.0 Å². The third-order valence-electron chi connectivity index (χ3n) is 2.88. The summed E-state index contributed by atoms with van der Waals surface area (Å²) in [7, 11) is -3.29. The van der Waals surface area contributed by atoms with Gasteiger partial charge >= 0.3 is 0 Å². The summed E-state index contributed by atoms with van der Waals surface area (Å²) < 4.78 is 25.1. The first-order chi connectivity index (χ1) is 6.80. The first-order valence-corrected chi connectivity index (χ1v) is 6.87. The Labute approximate surface area is 92.3 Å². The Bertz CT molecular complexity index is 301. The van der Waals surface area contributed by atoms with E-state index >= 15 is 0 Å². The minimum atomic E-state index is -3.29. The maximum atomic E-state index is 12.2. The summed E-state index contributed by atoms with van der Waals surface area (Å²) in [6.45, 7) is 5.22. The van der Waals surface area contributed by atoms with Crippen molar-refractivity contribution in [3.8, 4) is 0 Å². The van der Waals surface area contributed by atoms with Crippen LogP contribution in [-0.2, 0) is 10.0 Å². The van der Waals surface area contributed by atoms with E-state index in [9.17, 15) is 8.42 Å². The number of aliphatic hydroxyl groups is 1. The van der Waals surface area contributed by atoms with Gasteiger partial charge in [-0.05, 0) is 33.6 Å². The molecule has 0 aromatic carbocycles. The molecular weight excluding hydrogens is 214 g/mol. The average molecular weight is 235 g/mol. The van der Waals surface area contributed by atoms with E-state index in [1.165, 1.54) is 4.31 Å². The van der Waals surface area contributed by atoms with Gasteiger partial charge in [0, 0.05) is 12.6 Å². The Morgan fingerprint density at radius 1 is 1.33 bits per heavy atom. The van der Waals surface area contributed by atoms with Crippen LogP contribution in [0.5, 0.6) is 0 Å². The van der Waals surface area contributed by atoms with Gasteiger partial charge in [0.1, 0.15) is 0 Å². The van der Waals surface area contributed by atoms with Crippen molar-refractivity contribution in [2.45, 2.75) is 50.8 Å². The minimum Gasteiger partial charge on any atom is -0.395 e. The molecule has 1 rings (SSSR count). The molecule has 90 valence electrons. The van der Waals surface area contributed by atoms with Gasteiger partial charge < -0.3 is 5.11 Å². The number of nitrogens with zero attached hydrogens (tertiary/aromatic N) is 1. The Hall–Kier alpha value is -0.130. The molecule has 15 heavy (non-hydrogen) atoms. The summed E-state index contributed by atoms with van der Waals surface area (Å²) in [6, 6.07) is 0.112. The van der Waals surface area contributed by atoms with Crippen molar-refractivity contribution in [1.29, 1.82) is 0 Å². The lowest BCUT2D eigenvalue weighted by atomic mass is 9.93. The van der Waals surface area contributed by atoms with Crippen molar-refractivity contribution in [2.75, 3.05) is 13.2 Å². The third-order valence-corrected chi connectivity index (χ3v) is 5.53.